The van der Waals surface area contributed by atoms with Crippen molar-refractivity contribution in [3.05, 3.63) is 282 Å². The number of ketones is 3. The zero-order valence-electron chi connectivity index (χ0n) is 35.4. The molecule has 0 saturated heterocycles. The van der Waals surface area contributed by atoms with Gasteiger partial charge in [0.2, 0.25) is 0 Å². The molecule has 0 spiro atoms. The molecular formula is C57H44ErN2O6. The summed E-state index contributed by atoms with van der Waals surface area (Å²) in [5.41, 5.74) is 5.56. The normalized spacial score (nSPS) is 10.9. The molecule has 2 aromatic heterocycles. The van der Waals surface area contributed by atoms with Crippen LogP contribution in [0.15, 0.2) is 249 Å². The van der Waals surface area contributed by atoms with Crippen molar-refractivity contribution >= 4 is 56.4 Å². The number of aliphatic hydroxyl groups excluding tert-OH is 3. The summed E-state index contributed by atoms with van der Waals surface area (Å²) in [5.74, 6) is -0.649. The van der Waals surface area contributed by atoms with Crippen molar-refractivity contribution in [2.24, 2.45) is 0 Å². The van der Waals surface area contributed by atoms with Crippen molar-refractivity contribution in [1.29, 1.82) is 0 Å². The Morgan fingerprint density at radius 1 is 0.303 bits per heavy atom. The first kappa shape index (κ1) is 49.3. The number of fused-ring (bicyclic) bond motifs is 3. The molecule has 0 aliphatic heterocycles. The number of carbonyl (C=O) groups excluding carboxylic acids is 3. The van der Waals surface area contributed by atoms with Gasteiger partial charge in [-0.1, -0.05) is 206 Å². The smallest absolute Gasteiger partial charge is 0.189 e. The molecule has 9 rings (SSSR count). The summed E-state index contributed by atoms with van der Waals surface area (Å²) in [5, 5.41) is 31.7. The molecule has 0 radical (unpaired) electrons. The van der Waals surface area contributed by atoms with E-state index in [4.69, 9.17) is 0 Å². The van der Waals surface area contributed by atoms with E-state index < -0.39 is 0 Å². The maximum Gasteiger partial charge on any atom is 0.189 e. The summed E-state index contributed by atoms with van der Waals surface area (Å²) in [6.45, 7) is 0. The molecule has 2 heterocycles. The maximum atomic E-state index is 11.8. The van der Waals surface area contributed by atoms with Gasteiger partial charge in [0.25, 0.3) is 0 Å². The first-order valence-corrected chi connectivity index (χ1v) is 20.5. The van der Waals surface area contributed by atoms with E-state index >= 15 is 0 Å². The summed E-state index contributed by atoms with van der Waals surface area (Å²) in [4.78, 5) is 44.1. The van der Waals surface area contributed by atoms with Crippen LogP contribution in [-0.4, -0.2) is 42.6 Å². The zero-order valence-corrected chi connectivity index (χ0v) is 37.3. The summed E-state index contributed by atoms with van der Waals surface area (Å²) in [6.07, 6.45) is 7.33. The molecule has 0 aliphatic carbocycles. The van der Waals surface area contributed by atoms with E-state index in [9.17, 15) is 29.7 Å². The van der Waals surface area contributed by atoms with Gasteiger partial charge in [0.1, 0.15) is 17.3 Å². The van der Waals surface area contributed by atoms with Crippen molar-refractivity contribution in [2.45, 2.75) is 0 Å². The van der Waals surface area contributed by atoms with Gasteiger partial charge >= 0.3 is 0 Å². The Bertz CT molecular complexity index is 2740. The van der Waals surface area contributed by atoms with Gasteiger partial charge in [0.05, 0.1) is 11.0 Å². The molecule has 9 heteroatoms. The maximum absolute atomic E-state index is 11.8. The second-order valence-corrected chi connectivity index (χ2v) is 14.1. The van der Waals surface area contributed by atoms with Crippen LogP contribution in [0.25, 0.3) is 39.1 Å². The Hall–Kier alpha value is -7.76. The number of nitrogens with zero attached hydrogens (tertiary/aromatic N) is 2. The third kappa shape index (κ3) is 14.9. The van der Waals surface area contributed by atoms with Crippen LogP contribution in [0.5, 0.6) is 0 Å². The molecule has 3 N–H and O–H groups in total. The Morgan fingerprint density at radius 3 is 0.773 bits per heavy atom. The number of aliphatic hydroxyl groups is 3. The van der Waals surface area contributed by atoms with E-state index in [1.807, 2.05) is 84.9 Å². The van der Waals surface area contributed by atoms with Crippen molar-refractivity contribution in [2.75, 3.05) is 0 Å². The van der Waals surface area contributed by atoms with Crippen LogP contribution in [0, 0.1) is 37.3 Å². The molecular weight excluding hydrogens is 976 g/mol. The van der Waals surface area contributed by atoms with E-state index in [2.05, 4.69) is 34.2 Å². The number of hydrogen-bond donors (Lipinski definition) is 3. The molecule has 0 bridgehead atoms. The molecule has 66 heavy (non-hydrogen) atoms. The van der Waals surface area contributed by atoms with Crippen molar-refractivity contribution in [3.63, 3.8) is 0 Å². The van der Waals surface area contributed by atoms with E-state index in [1.54, 1.807) is 122 Å². The number of carbonyl (C=O) groups is 3. The second kappa shape index (κ2) is 26.1. The van der Waals surface area contributed by atoms with Gasteiger partial charge in [-0.2, -0.15) is 0 Å². The van der Waals surface area contributed by atoms with Gasteiger partial charge in [0.15, 0.2) is 17.3 Å². The Morgan fingerprint density at radius 2 is 0.530 bits per heavy atom. The molecule has 9 aromatic rings. The first-order chi connectivity index (χ1) is 31.8. The zero-order chi connectivity index (χ0) is 45.6. The summed E-state index contributed by atoms with van der Waals surface area (Å²) in [7, 11) is 0. The molecule has 0 amide bonds. The molecule has 8 nitrogen and oxygen atoms in total. The SMILES string of the molecule is O=C(C=C(O)c1ccccc1)c1ccccc1.O=C(C=C(O)c1ccccc1)c1ccccc1.O=C(C=C(O)c1ccccc1)c1ccccc1.[Er].c1cnc2c(c1)ccc1cccnc12. The number of rotatable bonds is 9. The summed E-state index contributed by atoms with van der Waals surface area (Å²) >= 11 is 0. The number of aromatic nitrogens is 2. The van der Waals surface area contributed by atoms with Gasteiger partial charge in [-0.25, -0.2) is 0 Å². The minimum absolute atomic E-state index is 0. The standard InChI is InChI=1S/3C15H12O2.C12H8N2.Er/c3*16-14(12-7-3-1-4-8-12)11-15(17)13-9-5-2-6-10-13;1-3-9-5-6-10-4-2-8-14-12(10)11(9)13-7-1;/h3*1-11,16H;1-8H;. The first-order valence-electron chi connectivity index (χ1n) is 20.5. The third-order valence-electron chi connectivity index (χ3n) is 9.53. The monoisotopic (exact) mass is 1020 g/mol. The van der Waals surface area contributed by atoms with Gasteiger partial charge in [-0.3, -0.25) is 24.4 Å². The molecule has 330 valence electrons. The van der Waals surface area contributed by atoms with Crippen LogP contribution in [0.3, 0.4) is 0 Å². The van der Waals surface area contributed by atoms with Crippen LogP contribution in [0.1, 0.15) is 47.8 Å². The van der Waals surface area contributed by atoms with E-state index in [0.29, 0.717) is 33.4 Å². The Kier molecular flexibility index (Phi) is 19.5. The summed E-state index contributed by atoms with van der Waals surface area (Å²) < 4.78 is 0. The second-order valence-electron chi connectivity index (χ2n) is 14.1. The largest absolute Gasteiger partial charge is 0.507 e. The van der Waals surface area contributed by atoms with Crippen LogP contribution < -0.4 is 0 Å². The molecule has 0 fully saturated rings. The van der Waals surface area contributed by atoms with Crippen LogP contribution >= 0.6 is 0 Å². The minimum atomic E-state index is -0.202. The number of hydrogen-bond acceptors (Lipinski definition) is 8. The van der Waals surface area contributed by atoms with Gasteiger partial charge in [-0.05, 0) is 12.1 Å². The molecule has 0 saturated carbocycles. The predicted molar refractivity (Wildman–Crippen MR) is 261 cm³/mol. The number of benzene rings is 7. The average Bonchev–Trinajstić information content (AvgIpc) is 3.38. The Balaban J connectivity index is 0.000000164. The van der Waals surface area contributed by atoms with Gasteiger partial charge in [-0.15, -0.1) is 0 Å². The number of pyridine rings is 2. The third-order valence-corrected chi connectivity index (χ3v) is 9.53. The molecule has 0 aliphatic rings. The van der Waals surface area contributed by atoms with Crippen molar-refractivity contribution < 1.29 is 67.0 Å². The predicted octanol–water partition coefficient (Wildman–Crippen LogP) is 13.2. The van der Waals surface area contributed by atoms with Crippen LogP contribution in [-0.2, 0) is 0 Å². The Labute approximate surface area is 412 Å². The van der Waals surface area contributed by atoms with Crippen LogP contribution in [0.2, 0.25) is 0 Å². The minimum Gasteiger partial charge on any atom is -0.507 e. The van der Waals surface area contributed by atoms with E-state index in [1.165, 1.54) is 18.2 Å². The number of allylic oxidation sites excluding steroid dienone is 3. The van der Waals surface area contributed by atoms with Gasteiger partial charge < -0.3 is 15.3 Å². The average molecular weight is 1020 g/mol. The van der Waals surface area contributed by atoms with Crippen LogP contribution in [0.4, 0.5) is 0 Å². The van der Waals surface area contributed by atoms with Crippen molar-refractivity contribution in [1.82, 2.24) is 9.97 Å². The molecule has 7 aromatic carbocycles. The van der Waals surface area contributed by atoms with E-state index in [-0.39, 0.29) is 71.9 Å². The fourth-order valence-corrected chi connectivity index (χ4v) is 6.19. The molecule has 0 atom stereocenters. The van der Waals surface area contributed by atoms with Crippen molar-refractivity contribution in [3.8, 4) is 0 Å². The topological polar surface area (TPSA) is 138 Å². The summed E-state index contributed by atoms with van der Waals surface area (Å²) in [6, 6.07) is 65.7. The van der Waals surface area contributed by atoms with E-state index in [0.717, 1.165) is 21.8 Å². The quantitative estimate of drug-likeness (QED) is 0.0562. The molecule has 0 unspecified atom stereocenters. The fourth-order valence-electron chi connectivity index (χ4n) is 6.19. The fraction of sp³-hybridized carbons (Fsp3) is 0. The van der Waals surface area contributed by atoms with Gasteiger partial charge in [0, 0.05) is 112 Å².